The van der Waals surface area contributed by atoms with Gasteiger partial charge in [0.25, 0.3) is 0 Å². The van der Waals surface area contributed by atoms with Gasteiger partial charge in [-0.2, -0.15) is 10.2 Å². The molecule has 0 N–H and O–H groups in total. The van der Waals surface area contributed by atoms with Crippen molar-refractivity contribution in [1.29, 1.82) is 0 Å². The van der Waals surface area contributed by atoms with Crippen molar-refractivity contribution in [3.63, 3.8) is 0 Å². The molecule has 0 spiro atoms. The normalized spacial score (nSPS) is 14.7. The number of hydrogen-bond acceptors (Lipinski definition) is 2. The fourth-order valence-corrected chi connectivity index (χ4v) is 1.46. The standard InChI is InChI=1S/C11H14N2/c1-11(2,3)9-4-5-10-8(6-9)7-12-13-10/h4-6H,7H2,1-3H3. The Morgan fingerprint density at radius 3 is 2.69 bits per heavy atom. The van der Waals surface area contributed by atoms with Crippen molar-refractivity contribution in [3.8, 4) is 0 Å². The molecule has 0 saturated heterocycles. The Hall–Kier alpha value is -1.18. The van der Waals surface area contributed by atoms with Crippen molar-refractivity contribution in [2.24, 2.45) is 10.2 Å². The Labute approximate surface area is 78.7 Å². The van der Waals surface area contributed by atoms with Crippen LogP contribution in [0.2, 0.25) is 0 Å². The molecule has 0 fully saturated rings. The van der Waals surface area contributed by atoms with E-state index in [2.05, 4.69) is 49.2 Å². The quantitative estimate of drug-likeness (QED) is 0.574. The number of fused-ring (bicyclic) bond motifs is 1. The maximum absolute atomic E-state index is 4.05. The number of benzene rings is 1. The largest absolute Gasteiger partial charge is 0.184 e. The van der Waals surface area contributed by atoms with Crippen LogP contribution in [0.4, 0.5) is 5.69 Å². The third-order valence-corrected chi connectivity index (χ3v) is 2.37. The van der Waals surface area contributed by atoms with Crippen molar-refractivity contribution >= 4 is 5.69 Å². The summed E-state index contributed by atoms with van der Waals surface area (Å²) in [5, 5.41) is 8.05. The molecule has 0 unspecified atom stereocenters. The van der Waals surface area contributed by atoms with E-state index in [4.69, 9.17) is 0 Å². The molecule has 0 bridgehead atoms. The molecule has 1 aliphatic rings. The molecular weight excluding hydrogens is 160 g/mol. The summed E-state index contributed by atoms with van der Waals surface area (Å²) in [5.74, 6) is 0. The van der Waals surface area contributed by atoms with E-state index in [1.54, 1.807) is 0 Å². The lowest BCUT2D eigenvalue weighted by atomic mass is 9.86. The van der Waals surface area contributed by atoms with E-state index in [0.29, 0.717) is 0 Å². The fourth-order valence-electron chi connectivity index (χ4n) is 1.46. The van der Waals surface area contributed by atoms with Crippen LogP contribution in [-0.4, -0.2) is 0 Å². The molecule has 0 atom stereocenters. The van der Waals surface area contributed by atoms with E-state index in [0.717, 1.165) is 12.2 Å². The summed E-state index contributed by atoms with van der Waals surface area (Å²) in [4.78, 5) is 0. The molecule has 0 saturated carbocycles. The van der Waals surface area contributed by atoms with Gasteiger partial charge < -0.3 is 0 Å². The first kappa shape index (κ1) is 8.42. The highest BCUT2D eigenvalue weighted by Gasteiger charge is 2.16. The van der Waals surface area contributed by atoms with Gasteiger partial charge in [0.2, 0.25) is 0 Å². The van der Waals surface area contributed by atoms with Crippen LogP contribution in [0.5, 0.6) is 0 Å². The summed E-state index contributed by atoms with van der Waals surface area (Å²) < 4.78 is 0. The van der Waals surface area contributed by atoms with Crippen LogP contribution in [0.25, 0.3) is 0 Å². The molecule has 2 nitrogen and oxygen atoms in total. The van der Waals surface area contributed by atoms with Crippen LogP contribution in [0.15, 0.2) is 28.4 Å². The number of azo groups is 1. The first-order chi connectivity index (χ1) is 6.07. The molecule has 0 radical (unpaired) electrons. The Morgan fingerprint density at radius 1 is 1.23 bits per heavy atom. The van der Waals surface area contributed by atoms with Crippen LogP contribution in [0.3, 0.4) is 0 Å². The highest BCUT2D eigenvalue weighted by molar-refractivity contribution is 5.50. The highest BCUT2D eigenvalue weighted by Crippen LogP contribution is 2.31. The molecule has 2 heteroatoms. The van der Waals surface area contributed by atoms with Crippen molar-refractivity contribution in [2.45, 2.75) is 32.7 Å². The van der Waals surface area contributed by atoms with Crippen molar-refractivity contribution in [1.82, 2.24) is 0 Å². The van der Waals surface area contributed by atoms with E-state index >= 15 is 0 Å². The molecule has 1 aromatic rings. The topological polar surface area (TPSA) is 24.7 Å². The average molecular weight is 174 g/mol. The van der Waals surface area contributed by atoms with Crippen LogP contribution >= 0.6 is 0 Å². The van der Waals surface area contributed by atoms with E-state index in [9.17, 15) is 0 Å². The third kappa shape index (κ3) is 1.48. The Balaban J connectivity index is 2.45. The molecule has 0 aliphatic carbocycles. The minimum atomic E-state index is 0.220. The lowest BCUT2D eigenvalue weighted by molar-refractivity contribution is 0.589. The van der Waals surface area contributed by atoms with Gasteiger partial charge in [-0.3, -0.25) is 0 Å². The van der Waals surface area contributed by atoms with Crippen LogP contribution in [0, 0.1) is 0 Å². The zero-order valence-electron chi connectivity index (χ0n) is 8.33. The van der Waals surface area contributed by atoms with Crippen LogP contribution in [0.1, 0.15) is 31.9 Å². The predicted octanol–water partition coefficient (Wildman–Crippen LogP) is 3.58. The number of nitrogens with zero attached hydrogens (tertiary/aromatic N) is 2. The van der Waals surface area contributed by atoms with Gasteiger partial charge in [0.05, 0.1) is 12.2 Å². The fraction of sp³-hybridized carbons (Fsp3) is 0.455. The van der Waals surface area contributed by atoms with Gasteiger partial charge in [0.1, 0.15) is 0 Å². The zero-order chi connectivity index (χ0) is 9.47. The van der Waals surface area contributed by atoms with Gasteiger partial charge in [-0.05, 0) is 17.0 Å². The molecule has 68 valence electrons. The lowest BCUT2D eigenvalue weighted by Gasteiger charge is -2.19. The molecule has 1 heterocycles. The zero-order valence-corrected chi connectivity index (χ0v) is 8.33. The van der Waals surface area contributed by atoms with Crippen LogP contribution < -0.4 is 0 Å². The van der Waals surface area contributed by atoms with Gasteiger partial charge >= 0.3 is 0 Å². The second kappa shape index (κ2) is 2.66. The van der Waals surface area contributed by atoms with Gasteiger partial charge in [-0.25, -0.2) is 0 Å². The van der Waals surface area contributed by atoms with Gasteiger partial charge in [0.15, 0.2) is 0 Å². The second-order valence-corrected chi connectivity index (χ2v) is 4.49. The maximum atomic E-state index is 4.05. The molecule has 1 aliphatic heterocycles. The smallest absolute Gasteiger partial charge is 0.0904 e. The maximum Gasteiger partial charge on any atom is 0.0904 e. The minimum absolute atomic E-state index is 0.220. The summed E-state index contributed by atoms with van der Waals surface area (Å²) in [6.45, 7) is 7.41. The summed E-state index contributed by atoms with van der Waals surface area (Å²) in [7, 11) is 0. The average Bonchev–Trinajstić information content (AvgIpc) is 2.47. The predicted molar refractivity (Wildman–Crippen MR) is 53.4 cm³/mol. The molecular formula is C11H14N2. The van der Waals surface area contributed by atoms with E-state index in [-0.39, 0.29) is 5.41 Å². The summed E-state index contributed by atoms with van der Waals surface area (Å²) in [6.07, 6.45) is 0. The SMILES string of the molecule is CC(C)(C)c1ccc2c(c1)CN=N2. The Morgan fingerprint density at radius 2 is 2.00 bits per heavy atom. The van der Waals surface area contributed by atoms with Gasteiger partial charge in [-0.1, -0.05) is 32.9 Å². The van der Waals surface area contributed by atoms with Gasteiger partial charge in [0, 0.05) is 5.56 Å². The van der Waals surface area contributed by atoms with Crippen molar-refractivity contribution in [3.05, 3.63) is 29.3 Å². The van der Waals surface area contributed by atoms with Crippen molar-refractivity contribution < 1.29 is 0 Å². The lowest BCUT2D eigenvalue weighted by Crippen LogP contribution is -2.10. The van der Waals surface area contributed by atoms with Crippen molar-refractivity contribution in [2.75, 3.05) is 0 Å². The minimum Gasteiger partial charge on any atom is -0.184 e. The molecule has 13 heavy (non-hydrogen) atoms. The third-order valence-electron chi connectivity index (χ3n) is 2.37. The Bertz CT molecular complexity index is 359. The van der Waals surface area contributed by atoms with Gasteiger partial charge in [-0.15, -0.1) is 0 Å². The van der Waals surface area contributed by atoms with E-state index < -0.39 is 0 Å². The molecule has 0 aromatic heterocycles. The first-order valence-electron chi connectivity index (χ1n) is 4.58. The van der Waals surface area contributed by atoms with E-state index in [1.807, 2.05) is 0 Å². The summed E-state index contributed by atoms with van der Waals surface area (Å²) in [6, 6.07) is 6.42. The first-order valence-corrected chi connectivity index (χ1v) is 4.58. The highest BCUT2D eigenvalue weighted by atomic mass is 15.1. The monoisotopic (exact) mass is 174 g/mol. The number of rotatable bonds is 0. The number of hydrogen-bond donors (Lipinski definition) is 0. The molecule has 0 amide bonds. The summed E-state index contributed by atoms with van der Waals surface area (Å²) >= 11 is 0. The second-order valence-electron chi connectivity index (χ2n) is 4.49. The van der Waals surface area contributed by atoms with E-state index in [1.165, 1.54) is 11.1 Å². The van der Waals surface area contributed by atoms with Crippen LogP contribution in [-0.2, 0) is 12.0 Å². The summed E-state index contributed by atoms with van der Waals surface area (Å²) in [5.41, 5.74) is 3.87. The Kier molecular flexibility index (Phi) is 1.72. The molecule has 2 rings (SSSR count). The molecule has 1 aromatic carbocycles.